The topological polar surface area (TPSA) is 70.6 Å². The van der Waals surface area contributed by atoms with Crippen molar-refractivity contribution in [1.29, 1.82) is 0 Å². The van der Waals surface area contributed by atoms with Crippen LogP contribution in [0.1, 0.15) is 39.0 Å². The van der Waals surface area contributed by atoms with Crippen LogP contribution < -0.4 is 11.1 Å². The lowest BCUT2D eigenvalue weighted by molar-refractivity contribution is 0.306. The molecule has 4 N–H and O–H groups in total. The van der Waals surface area contributed by atoms with Crippen molar-refractivity contribution < 1.29 is 5.21 Å². The molecule has 0 bridgehead atoms. The number of nitrogens with one attached hydrogen (secondary N) is 1. The van der Waals surface area contributed by atoms with Gasteiger partial charge in [-0.15, -0.1) is 0 Å². The van der Waals surface area contributed by atoms with E-state index in [4.69, 9.17) is 10.9 Å². The molecule has 1 rings (SSSR count). The lowest BCUT2D eigenvalue weighted by atomic mass is 9.87. The van der Waals surface area contributed by atoms with Gasteiger partial charge in [0.1, 0.15) is 5.84 Å². The number of oxime groups is 1. The number of nitrogens with two attached hydrogens (primary N) is 1. The zero-order valence-electron chi connectivity index (χ0n) is 8.87. The summed E-state index contributed by atoms with van der Waals surface area (Å²) in [6.07, 6.45) is 5.79. The van der Waals surface area contributed by atoms with E-state index >= 15 is 0 Å². The molecule has 1 aliphatic rings. The minimum Gasteiger partial charge on any atom is -0.409 e. The average Bonchev–Trinajstić information content (AvgIpc) is 2.21. The van der Waals surface area contributed by atoms with Crippen molar-refractivity contribution >= 4 is 5.84 Å². The van der Waals surface area contributed by atoms with Crippen LogP contribution in [0.3, 0.4) is 0 Å². The summed E-state index contributed by atoms with van der Waals surface area (Å²) in [5, 5.41) is 14.7. The van der Waals surface area contributed by atoms with Crippen molar-refractivity contribution in [3.63, 3.8) is 0 Å². The normalized spacial score (nSPS) is 29.1. The van der Waals surface area contributed by atoms with Gasteiger partial charge in [-0.3, -0.25) is 0 Å². The van der Waals surface area contributed by atoms with E-state index < -0.39 is 0 Å². The van der Waals surface area contributed by atoms with Crippen LogP contribution in [0.4, 0.5) is 0 Å². The van der Waals surface area contributed by atoms with Crippen LogP contribution in [0.15, 0.2) is 5.16 Å². The number of amidine groups is 1. The Balaban J connectivity index is 2.07. The Hall–Kier alpha value is -0.770. The van der Waals surface area contributed by atoms with Crippen LogP contribution >= 0.6 is 0 Å². The van der Waals surface area contributed by atoms with Gasteiger partial charge in [0.25, 0.3) is 0 Å². The summed E-state index contributed by atoms with van der Waals surface area (Å²) in [5.74, 6) is 1.19. The molecule has 82 valence electrons. The maximum absolute atomic E-state index is 8.34. The first-order chi connectivity index (χ1) is 6.72. The summed E-state index contributed by atoms with van der Waals surface area (Å²) < 4.78 is 0. The molecule has 0 unspecified atom stereocenters. The first kappa shape index (κ1) is 11.3. The molecule has 4 heteroatoms. The Morgan fingerprint density at radius 3 is 2.64 bits per heavy atom. The maximum Gasteiger partial charge on any atom is 0.140 e. The van der Waals surface area contributed by atoms with Gasteiger partial charge >= 0.3 is 0 Å². The Labute approximate surface area is 85.6 Å². The second-order valence-electron chi connectivity index (χ2n) is 4.25. The van der Waals surface area contributed by atoms with Crippen LogP contribution in [0, 0.1) is 5.92 Å². The third kappa shape index (κ3) is 3.96. The van der Waals surface area contributed by atoms with Crippen LogP contribution in [-0.2, 0) is 0 Å². The average molecular weight is 199 g/mol. The van der Waals surface area contributed by atoms with Crippen molar-refractivity contribution in [3.8, 4) is 0 Å². The van der Waals surface area contributed by atoms with Crippen molar-refractivity contribution in [2.45, 2.75) is 45.1 Å². The second-order valence-corrected chi connectivity index (χ2v) is 4.25. The van der Waals surface area contributed by atoms with Crippen LogP contribution in [-0.4, -0.2) is 23.6 Å². The summed E-state index contributed by atoms with van der Waals surface area (Å²) in [4.78, 5) is 0. The van der Waals surface area contributed by atoms with Gasteiger partial charge in [-0.1, -0.05) is 12.1 Å². The molecule has 0 aliphatic heterocycles. The van der Waals surface area contributed by atoms with Gasteiger partial charge in [0.05, 0.1) is 0 Å². The van der Waals surface area contributed by atoms with Gasteiger partial charge in [0.15, 0.2) is 0 Å². The molecule has 0 heterocycles. The Kier molecular flexibility index (Phi) is 4.73. The smallest absolute Gasteiger partial charge is 0.140 e. The predicted octanol–water partition coefficient (Wildman–Crippen LogP) is 1.29. The highest BCUT2D eigenvalue weighted by Gasteiger charge is 2.17. The minimum atomic E-state index is 0.307. The summed E-state index contributed by atoms with van der Waals surface area (Å²) in [6, 6.07) is 0.637. The molecule has 4 nitrogen and oxygen atoms in total. The van der Waals surface area contributed by atoms with Crippen LogP contribution in [0.5, 0.6) is 0 Å². The van der Waals surface area contributed by atoms with Gasteiger partial charge in [-0.2, -0.15) is 0 Å². The first-order valence-electron chi connectivity index (χ1n) is 5.42. The standard InChI is InChI=1S/C10H21N3O/c1-8-2-4-9(5-3-8)12-7-6-10(11)13-14/h8-9,12,14H,2-7H2,1H3,(H2,11,13). The Morgan fingerprint density at radius 1 is 1.43 bits per heavy atom. The fourth-order valence-electron chi connectivity index (χ4n) is 1.92. The SMILES string of the molecule is CC1CCC(NCCC(N)=NO)CC1. The Bertz CT molecular complexity index is 186. The van der Waals surface area contributed by atoms with Gasteiger partial charge in [-0.05, 0) is 31.6 Å². The maximum atomic E-state index is 8.34. The molecule has 1 saturated carbocycles. The summed E-state index contributed by atoms with van der Waals surface area (Å²) in [5.41, 5.74) is 5.37. The number of hydrogen-bond donors (Lipinski definition) is 3. The molecule has 1 aliphatic carbocycles. The lowest BCUT2D eigenvalue weighted by Gasteiger charge is -2.26. The van der Waals surface area contributed by atoms with Crippen molar-refractivity contribution in [1.82, 2.24) is 5.32 Å². The molecule has 0 atom stereocenters. The summed E-state index contributed by atoms with van der Waals surface area (Å²) in [7, 11) is 0. The van der Waals surface area contributed by atoms with E-state index in [1.165, 1.54) is 25.7 Å². The van der Waals surface area contributed by atoms with Gasteiger partial charge < -0.3 is 16.3 Å². The highest BCUT2D eigenvalue weighted by molar-refractivity contribution is 5.79. The summed E-state index contributed by atoms with van der Waals surface area (Å²) in [6.45, 7) is 3.13. The highest BCUT2D eigenvalue weighted by atomic mass is 16.4. The van der Waals surface area contributed by atoms with E-state index in [1.54, 1.807) is 0 Å². The molecular weight excluding hydrogens is 178 g/mol. The first-order valence-corrected chi connectivity index (χ1v) is 5.42. The molecule has 14 heavy (non-hydrogen) atoms. The molecule has 0 aromatic carbocycles. The Morgan fingerprint density at radius 2 is 2.07 bits per heavy atom. The van der Waals surface area contributed by atoms with E-state index in [1.807, 2.05) is 0 Å². The molecule has 0 radical (unpaired) electrons. The zero-order chi connectivity index (χ0) is 10.4. The van der Waals surface area contributed by atoms with Gasteiger partial charge in [-0.25, -0.2) is 0 Å². The molecule has 0 saturated heterocycles. The number of hydrogen-bond acceptors (Lipinski definition) is 3. The predicted molar refractivity (Wildman–Crippen MR) is 57.4 cm³/mol. The van der Waals surface area contributed by atoms with E-state index in [0.29, 0.717) is 18.3 Å². The molecule has 0 aromatic heterocycles. The van der Waals surface area contributed by atoms with E-state index in [0.717, 1.165) is 12.5 Å². The fourth-order valence-corrected chi connectivity index (χ4v) is 1.92. The van der Waals surface area contributed by atoms with Crippen molar-refractivity contribution in [3.05, 3.63) is 0 Å². The van der Waals surface area contributed by atoms with Gasteiger partial charge in [0.2, 0.25) is 0 Å². The van der Waals surface area contributed by atoms with Crippen LogP contribution in [0.25, 0.3) is 0 Å². The van der Waals surface area contributed by atoms with E-state index in [2.05, 4.69) is 17.4 Å². The van der Waals surface area contributed by atoms with E-state index in [9.17, 15) is 0 Å². The quantitative estimate of drug-likeness (QED) is 0.276. The second kappa shape index (κ2) is 5.86. The number of rotatable bonds is 4. The molecule has 0 spiro atoms. The summed E-state index contributed by atoms with van der Waals surface area (Å²) >= 11 is 0. The van der Waals surface area contributed by atoms with E-state index in [-0.39, 0.29) is 0 Å². The number of nitrogens with zero attached hydrogens (tertiary/aromatic N) is 1. The molecule has 0 amide bonds. The monoisotopic (exact) mass is 199 g/mol. The fraction of sp³-hybridized carbons (Fsp3) is 0.900. The van der Waals surface area contributed by atoms with Gasteiger partial charge in [0, 0.05) is 19.0 Å². The molecule has 1 fully saturated rings. The molecule has 0 aromatic rings. The lowest BCUT2D eigenvalue weighted by Crippen LogP contribution is -2.34. The third-order valence-corrected chi connectivity index (χ3v) is 2.96. The molecular formula is C10H21N3O. The van der Waals surface area contributed by atoms with Crippen molar-refractivity contribution in [2.75, 3.05) is 6.54 Å². The minimum absolute atomic E-state index is 0.307. The third-order valence-electron chi connectivity index (χ3n) is 2.96. The largest absolute Gasteiger partial charge is 0.409 e. The zero-order valence-corrected chi connectivity index (χ0v) is 8.87. The van der Waals surface area contributed by atoms with Crippen LogP contribution in [0.2, 0.25) is 0 Å². The van der Waals surface area contributed by atoms with Crippen molar-refractivity contribution in [2.24, 2.45) is 16.8 Å². The highest BCUT2D eigenvalue weighted by Crippen LogP contribution is 2.23.